The molecule has 3 rings (SSSR count). The fourth-order valence-electron chi connectivity index (χ4n) is 3.44. The number of para-hydroxylation sites is 1. The Morgan fingerprint density at radius 3 is 2.52 bits per heavy atom. The molecular weight excluding hydrogens is 620 g/mol. The summed E-state index contributed by atoms with van der Waals surface area (Å²) in [6.45, 7) is 6.02. The first kappa shape index (κ1) is 24.5. The summed E-state index contributed by atoms with van der Waals surface area (Å²) in [6, 6.07) is 11.5. The number of ketones is 1. The molecule has 1 N–H and O–H groups in total. The number of likely N-dealkylation sites (N-methyl/N-ethyl adjacent to an activating group) is 1. The van der Waals surface area contributed by atoms with Crippen LogP contribution in [0.5, 0.6) is 5.75 Å². The second-order valence-corrected chi connectivity index (χ2v) is 9.62. The number of carbonyl (C=O) groups is 1. The zero-order valence-corrected chi connectivity index (χ0v) is 22.1. The first-order valence-electron chi connectivity index (χ1n) is 10.5. The molecule has 0 amide bonds. The lowest BCUT2D eigenvalue weighted by Gasteiger charge is -2.18. The highest BCUT2D eigenvalue weighted by Crippen LogP contribution is 2.33. The summed E-state index contributed by atoms with van der Waals surface area (Å²) in [4.78, 5) is 15.4. The van der Waals surface area contributed by atoms with Gasteiger partial charge >= 0.3 is 0 Å². The minimum atomic E-state index is -0.0177. The van der Waals surface area contributed by atoms with Gasteiger partial charge in [0.25, 0.3) is 0 Å². The predicted molar refractivity (Wildman–Crippen MR) is 140 cm³/mol. The molecule has 0 atom stereocenters. The van der Waals surface area contributed by atoms with E-state index >= 15 is 0 Å². The van der Waals surface area contributed by atoms with Crippen molar-refractivity contribution in [3.63, 3.8) is 0 Å². The summed E-state index contributed by atoms with van der Waals surface area (Å²) in [5.41, 5.74) is 2.06. The number of furan rings is 1. The van der Waals surface area contributed by atoms with Crippen LogP contribution in [0.15, 0.2) is 40.8 Å². The predicted octanol–water partition coefficient (Wildman–Crippen LogP) is 5.87. The number of hydrogen-bond donors (Lipinski definition) is 1. The van der Waals surface area contributed by atoms with E-state index in [0.29, 0.717) is 24.3 Å². The second-order valence-electron chi connectivity index (χ2n) is 7.30. The molecule has 7 heteroatoms. The van der Waals surface area contributed by atoms with Crippen molar-refractivity contribution in [2.45, 2.75) is 33.1 Å². The Bertz CT molecular complexity index is 1020. The van der Waals surface area contributed by atoms with E-state index in [0.717, 1.165) is 55.4 Å². The molecule has 3 aromatic rings. The smallest absolute Gasteiger partial charge is 0.197 e. The van der Waals surface area contributed by atoms with Crippen LogP contribution in [-0.2, 0) is 6.42 Å². The highest BCUT2D eigenvalue weighted by Gasteiger charge is 2.23. The Labute approximate surface area is 210 Å². The molecule has 5 nitrogen and oxygen atoms in total. The maximum absolute atomic E-state index is 13.6. The molecule has 1 heterocycles. The van der Waals surface area contributed by atoms with Gasteiger partial charge in [0, 0.05) is 23.9 Å². The lowest BCUT2D eigenvalue weighted by molar-refractivity contribution is 0.0965. The molecule has 0 saturated carbocycles. The average Bonchev–Trinajstić information content (AvgIpc) is 3.14. The summed E-state index contributed by atoms with van der Waals surface area (Å²) < 4.78 is 13.8. The fourth-order valence-corrected chi connectivity index (χ4v) is 5.52. The van der Waals surface area contributed by atoms with Crippen LogP contribution < -0.4 is 4.74 Å². The van der Waals surface area contributed by atoms with Crippen molar-refractivity contribution in [3.05, 3.63) is 60.4 Å². The van der Waals surface area contributed by atoms with E-state index in [-0.39, 0.29) is 12.5 Å². The first-order valence-corrected chi connectivity index (χ1v) is 12.7. The summed E-state index contributed by atoms with van der Waals surface area (Å²) >= 11 is 4.44. The van der Waals surface area contributed by atoms with Gasteiger partial charge < -0.3 is 14.3 Å². The summed E-state index contributed by atoms with van der Waals surface area (Å²) in [5, 5.41) is 10.2. The molecule has 0 unspecified atom stereocenters. The van der Waals surface area contributed by atoms with Crippen LogP contribution in [0, 0.1) is 7.14 Å². The Balaban J connectivity index is 1.89. The molecule has 0 bridgehead atoms. The van der Waals surface area contributed by atoms with Crippen molar-refractivity contribution in [1.82, 2.24) is 4.90 Å². The number of halogens is 2. The molecule has 31 heavy (non-hydrogen) atoms. The zero-order chi connectivity index (χ0) is 22.4. The van der Waals surface area contributed by atoms with Gasteiger partial charge in [0.15, 0.2) is 5.78 Å². The van der Waals surface area contributed by atoms with Crippen molar-refractivity contribution in [2.24, 2.45) is 0 Å². The lowest BCUT2D eigenvalue weighted by Crippen LogP contribution is -2.29. The van der Waals surface area contributed by atoms with E-state index in [1.165, 1.54) is 0 Å². The monoisotopic (exact) mass is 647 g/mol. The number of rotatable bonds is 11. The minimum absolute atomic E-state index is 0.0144. The topological polar surface area (TPSA) is 62.9 Å². The van der Waals surface area contributed by atoms with E-state index in [1.54, 1.807) is 0 Å². The van der Waals surface area contributed by atoms with Gasteiger partial charge in [-0.3, -0.25) is 9.69 Å². The molecule has 0 aliphatic rings. The number of aryl methyl sites for hydroxylation is 1. The van der Waals surface area contributed by atoms with Gasteiger partial charge in [0.1, 0.15) is 23.7 Å². The molecule has 0 aliphatic carbocycles. The number of benzene rings is 2. The molecule has 0 spiro atoms. The molecule has 0 saturated heterocycles. The van der Waals surface area contributed by atoms with Gasteiger partial charge in [-0.1, -0.05) is 38.5 Å². The number of hydrogen-bond acceptors (Lipinski definition) is 5. The highest BCUT2D eigenvalue weighted by molar-refractivity contribution is 14.1. The second kappa shape index (κ2) is 11.6. The maximum Gasteiger partial charge on any atom is 0.197 e. The summed E-state index contributed by atoms with van der Waals surface area (Å²) in [7, 11) is 0. The molecule has 2 aromatic carbocycles. The average molecular weight is 647 g/mol. The third-order valence-electron chi connectivity index (χ3n) is 5.21. The van der Waals surface area contributed by atoms with E-state index in [4.69, 9.17) is 9.15 Å². The molecule has 1 aromatic heterocycles. The highest BCUT2D eigenvalue weighted by atomic mass is 127. The molecule has 0 radical (unpaired) electrons. The Kier molecular flexibility index (Phi) is 9.18. The van der Waals surface area contributed by atoms with Gasteiger partial charge in [-0.2, -0.15) is 0 Å². The quantitative estimate of drug-likeness (QED) is 0.161. The first-order chi connectivity index (χ1) is 15.0. The molecule has 166 valence electrons. The number of ether oxygens (including phenoxy) is 1. The number of nitrogens with zero attached hydrogens (tertiary/aromatic N) is 1. The van der Waals surface area contributed by atoms with Crippen LogP contribution in [0.1, 0.15) is 48.4 Å². The van der Waals surface area contributed by atoms with Crippen LogP contribution in [0.4, 0.5) is 0 Å². The third kappa shape index (κ3) is 5.80. The van der Waals surface area contributed by atoms with Gasteiger partial charge in [0.2, 0.25) is 0 Å². The van der Waals surface area contributed by atoms with E-state index < -0.39 is 0 Å². The Hall–Kier alpha value is -1.17. The van der Waals surface area contributed by atoms with Gasteiger partial charge in [-0.25, -0.2) is 0 Å². The van der Waals surface area contributed by atoms with Crippen molar-refractivity contribution in [3.8, 4) is 5.75 Å². The summed E-state index contributed by atoms with van der Waals surface area (Å²) in [6.07, 6.45) is 2.77. The van der Waals surface area contributed by atoms with E-state index in [1.807, 2.05) is 48.2 Å². The van der Waals surface area contributed by atoms with Crippen LogP contribution >= 0.6 is 45.2 Å². The SMILES string of the molecule is CCCCc1oc2ccccc2c1C(=O)c1cc(I)c(OCCN(CC)CO)c(I)c1. The normalized spacial score (nSPS) is 11.4. The van der Waals surface area contributed by atoms with Crippen molar-refractivity contribution < 1.29 is 19.1 Å². The fraction of sp³-hybridized carbons (Fsp3) is 0.375. The van der Waals surface area contributed by atoms with Crippen LogP contribution in [-0.4, -0.2) is 42.2 Å². The van der Waals surface area contributed by atoms with E-state index in [2.05, 4.69) is 52.1 Å². The zero-order valence-electron chi connectivity index (χ0n) is 17.8. The number of carbonyl (C=O) groups excluding carboxylic acids is 1. The van der Waals surface area contributed by atoms with Crippen LogP contribution in [0.3, 0.4) is 0 Å². The largest absolute Gasteiger partial charge is 0.490 e. The van der Waals surface area contributed by atoms with Crippen molar-refractivity contribution in [2.75, 3.05) is 26.4 Å². The summed E-state index contributed by atoms with van der Waals surface area (Å²) in [5.74, 6) is 1.52. The van der Waals surface area contributed by atoms with Gasteiger partial charge in [-0.05, 0) is 76.3 Å². The lowest BCUT2D eigenvalue weighted by atomic mass is 9.98. The number of aliphatic hydroxyl groups is 1. The number of fused-ring (bicyclic) bond motifs is 1. The third-order valence-corrected chi connectivity index (χ3v) is 6.82. The standard InChI is InChI=1S/C24H27I2NO4/c1-3-5-9-21-22(17-8-6-7-10-20(17)31-21)23(29)16-13-18(25)24(19(26)14-16)30-12-11-27(4-2)15-28/h6-8,10,13-14,28H,3-5,9,11-12,15H2,1-2H3. The number of aliphatic hydroxyl groups excluding tert-OH is 1. The van der Waals surface area contributed by atoms with Crippen LogP contribution in [0.2, 0.25) is 0 Å². The molecule has 0 fully saturated rings. The Morgan fingerprint density at radius 1 is 1.16 bits per heavy atom. The minimum Gasteiger partial charge on any atom is -0.490 e. The van der Waals surface area contributed by atoms with Gasteiger partial charge in [-0.15, -0.1) is 0 Å². The number of unbranched alkanes of at least 4 members (excludes halogenated alkanes) is 1. The van der Waals surface area contributed by atoms with Crippen molar-refractivity contribution in [1.29, 1.82) is 0 Å². The molecular formula is C24H27I2NO4. The van der Waals surface area contributed by atoms with E-state index in [9.17, 15) is 9.90 Å². The van der Waals surface area contributed by atoms with Gasteiger partial charge in [0.05, 0.1) is 19.4 Å². The maximum atomic E-state index is 13.6. The molecule has 0 aliphatic heterocycles. The van der Waals surface area contributed by atoms with Crippen molar-refractivity contribution >= 4 is 61.9 Å². The Morgan fingerprint density at radius 2 is 1.87 bits per heavy atom. The van der Waals surface area contributed by atoms with Crippen LogP contribution in [0.25, 0.3) is 11.0 Å².